The third-order valence-electron chi connectivity index (χ3n) is 3.42. The average Bonchev–Trinajstić information content (AvgIpc) is 2.55. The summed E-state index contributed by atoms with van der Waals surface area (Å²) in [5, 5.41) is 0. The Morgan fingerprint density at radius 1 is 1.44 bits per heavy atom. The molecule has 0 atom stereocenters. The lowest BCUT2D eigenvalue weighted by molar-refractivity contribution is -0.125. The second-order valence-corrected chi connectivity index (χ2v) is 4.86. The van der Waals surface area contributed by atoms with Crippen LogP contribution in [0, 0.1) is 0 Å². The number of pyridine rings is 1. The molecule has 1 fully saturated rings. The summed E-state index contributed by atoms with van der Waals surface area (Å²) in [5.74, 6) is 0.818. The van der Waals surface area contributed by atoms with Crippen molar-refractivity contribution in [3.63, 3.8) is 0 Å². The van der Waals surface area contributed by atoms with Gasteiger partial charge in [-0.05, 0) is 18.9 Å². The number of hydrogen-bond donors (Lipinski definition) is 0. The maximum absolute atomic E-state index is 12.3. The zero-order valence-corrected chi connectivity index (χ0v) is 10.2. The molecule has 84 valence electrons. The van der Waals surface area contributed by atoms with Crippen molar-refractivity contribution in [3.05, 3.63) is 23.9 Å². The lowest BCUT2D eigenvalue weighted by Crippen LogP contribution is -2.41. The molecule has 3 rings (SSSR count). The topological polar surface area (TPSA) is 42.4 Å². The van der Waals surface area contributed by atoms with Crippen molar-refractivity contribution in [2.24, 2.45) is 0 Å². The number of amides is 1. The van der Waals surface area contributed by atoms with Crippen LogP contribution in [0.1, 0.15) is 18.4 Å². The van der Waals surface area contributed by atoms with Crippen molar-refractivity contribution in [1.82, 2.24) is 4.98 Å². The maximum Gasteiger partial charge on any atom is 0.249 e. The van der Waals surface area contributed by atoms with Gasteiger partial charge in [-0.3, -0.25) is 4.79 Å². The van der Waals surface area contributed by atoms with E-state index in [-0.39, 0.29) is 5.91 Å². The number of aromatic nitrogens is 1. The SMILES string of the molecule is O=C1N(Br)c2ncccc2C12CCOCC2. The summed E-state index contributed by atoms with van der Waals surface area (Å²) in [4.78, 5) is 16.6. The predicted octanol–water partition coefficient (Wildman–Crippen LogP) is 1.79. The van der Waals surface area contributed by atoms with Gasteiger partial charge in [-0.1, -0.05) is 6.07 Å². The molecule has 16 heavy (non-hydrogen) atoms. The summed E-state index contributed by atoms with van der Waals surface area (Å²) in [6.07, 6.45) is 3.19. The molecule has 0 unspecified atom stereocenters. The highest BCUT2D eigenvalue weighted by molar-refractivity contribution is 9.10. The lowest BCUT2D eigenvalue weighted by atomic mass is 9.76. The van der Waals surface area contributed by atoms with Crippen LogP contribution in [0.3, 0.4) is 0 Å². The number of carbonyl (C=O) groups is 1. The molecule has 0 aromatic carbocycles. The van der Waals surface area contributed by atoms with E-state index in [0.717, 1.165) is 24.2 Å². The quantitative estimate of drug-likeness (QED) is 0.682. The minimum Gasteiger partial charge on any atom is -0.381 e. The van der Waals surface area contributed by atoms with Crippen molar-refractivity contribution in [2.45, 2.75) is 18.3 Å². The van der Waals surface area contributed by atoms with Gasteiger partial charge in [0, 0.05) is 25.0 Å². The molecule has 0 radical (unpaired) electrons. The molecule has 1 amide bonds. The molecule has 2 aliphatic rings. The number of nitrogens with zero attached hydrogens (tertiary/aromatic N) is 2. The molecule has 0 saturated carbocycles. The first kappa shape index (κ1) is 10.2. The molecule has 0 bridgehead atoms. The Kier molecular flexibility index (Phi) is 2.26. The van der Waals surface area contributed by atoms with Gasteiger partial charge in [-0.25, -0.2) is 8.91 Å². The third-order valence-corrected chi connectivity index (χ3v) is 4.08. The number of rotatable bonds is 0. The number of ether oxygens (including phenoxy) is 1. The van der Waals surface area contributed by atoms with E-state index in [4.69, 9.17) is 4.74 Å². The summed E-state index contributed by atoms with van der Waals surface area (Å²) < 4.78 is 6.84. The number of hydrogen-bond acceptors (Lipinski definition) is 3. The average molecular weight is 283 g/mol. The smallest absolute Gasteiger partial charge is 0.249 e. The van der Waals surface area contributed by atoms with E-state index >= 15 is 0 Å². The second-order valence-electron chi connectivity index (χ2n) is 4.16. The van der Waals surface area contributed by atoms with Crippen molar-refractivity contribution in [1.29, 1.82) is 0 Å². The molecule has 1 aromatic heterocycles. The van der Waals surface area contributed by atoms with Gasteiger partial charge in [0.25, 0.3) is 0 Å². The van der Waals surface area contributed by atoms with Gasteiger partial charge in [-0.15, -0.1) is 0 Å². The van der Waals surface area contributed by atoms with E-state index in [1.165, 1.54) is 3.93 Å². The summed E-state index contributed by atoms with van der Waals surface area (Å²) in [6, 6.07) is 3.88. The first-order valence-corrected chi connectivity index (χ1v) is 6.00. The summed E-state index contributed by atoms with van der Waals surface area (Å²) in [6.45, 7) is 1.28. The summed E-state index contributed by atoms with van der Waals surface area (Å²) >= 11 is 3.29. The highest BCUT2D eigenvalue weighted by Gasteiger charge is 2.51. The maximum atomic E-state index is 12.3. The predicted molar refractivity (Wildman–Crippen MR) is 62.4 cm³/mol. The molecular weight excluding hydrogens is 272 g/mol. The highest BCUT2D eigenvalue weighted by atomic mass is 79.9. The Hall–Kier alpha value is -0.940. The van der Waals surface area contributed by atoms with Crippen LogP contribution < -0.4 is 3.93 Å². The van der Waals surface area contributed by atoms with Crippen LogP contribution in [-0.4, -0.2) is 24.1 Å². The Bertz CT molecular complexity index is 443. The third kappa shape index (κ3) is 1.18. The Morgan fingerprint density at radius 3 is 2.94 bits per heavy atom. The van der Waals surface area contributed by atoms with E-state index in [0.29, 0.717) is 13.2 Å². The minimum absolute atomic E-state index is 0.0875. The van der Waals surface area contributed by atoms with E-state index in [1.807, 2.05) is 12.1 Å². The van der Waals surface area contributed by atoms with Gasteiger partial charge in [0.15, 0.2) is 0 Å². The van der Waals surface area contributed by atoms with Crippen molar-refractivity contribution in [3.8, 4) is 0 Å². The zero-order chi connectivity index (χ0) is 11.2. The Morgan fingerprint density at radius 2 is 2.19 bits per heavy atom. The van der Waals surface area contributed by atoms with Gasteiger partial charge in [0.2, 0.25) is 5.91 Å². The number of carbonyl (C=O) groups excluding carboxylic acids is 1. The first-order valence-electron chi connectivity index (χ1n) is 5.29. The van der Waals surface area contributed by atoms with Crippen LogP contribution in [0.4, 0.5) is 5.82 Å². The van der Waals surface area contributed by atoms with E-state index in [9.17, 15) is 4.79 Å². The molecule has 4 nitrogen and oxygen atoms in total. The monoisotopic (exact) mass is 282 g/mol. The summed E-state index contributed by atoms with van der Waals surface area (Å²) in [5.41, 5.74) is 0.617. The minimum atomic E-state index is -0.411. The number of anilines is 1. The first-order chi connectivity index (χ1) is 7.76. The van der Waals surface area contributed by atoms with Crippen LogP contribution in [0.25, 0.3) is 0 Å². The van der Waals surface area contributed by atoms with Gasteiger partial charge in [0.05, 0.1) is 21.6 Å². The Balaban J connectivity index is 2.16. The zero-order valence-electron chi connectivity index (χ0n) is 8.65. The highest BCUT2D eigenvalue weighted by Crippen LogP contribution is 2.47. The molecule has 2 aliphatic heterocycles. The van der Waals surface area contributed by atoms with Crippen LogP contribution >= 0.6 is 16.1 Å². The van der Waals surface area contributed by atoms with E-state index in [2.05, 4.69) is 21.1 Å². The molecule has 1 spiro atoms. The Labute approximate surface area is 102 Å². The van der Waals surface area contributed by atoms with Gasteiger partial charge < -0.3 is 4.74 Å². The second kappa shape index (κ2) is 3.53. The largest absolute Gasteiger partial charge is 0.381 e. The van der Waals surface area contributed by atoms with Gasteiger partial charge in [-0.2, -0.15) is 0 Å². The van der Waals surface area contributed by atoms with Crippen molar-refractivity contribution in [2.75, 3.05) is 17.1 Å². The van der Waals surface area contributed by atoms with Crippen LogP contribution in [0.15, 0.2) is 18.3 Å². The van der Waals surface area contributed by atoms with Crippen molar-refractivity contribution < 1.29 is 9.53 Å². The fourth-order valence-electron chi connectivity index (χ4n) is 2.53. The standard InChI is InChI=1S/C11H11BrN2O2/c12-14-9-8(2-1-5-13-9)11(10(14)15)3-6-16-7-4-11/h1-2,5H,3-4,6-7H2. The lowest BCUT2D eigenvalue weighted by Gasteiger charge is -2.31. The molecule has 1 saturated heterocycles. The molecule has 0 N–H and O–H groups in total. The molecule has 5 heteroatoms. The molecule has 1 aromatic rings. The van der Waals surface area contributed by atoms with Crippen LogP contribution in [0.5, 0.6) is 0 Å². The number of fused-ring (bicyclic) bond motifs is 2. The molecule has 3 heterocycles. The van der Waals surface area contributed by atoms with Crippen molar-refractivity contribution >= 4 is 27.9 Å². The van der Waals surface area contributed by atoms with E-state index < -0.39 is 5.41 Å². The van der Waals surface area contributed by atoms with Crippen LogP contribution in [0.2, 0.25) is 0 Å². The normalized spacial score (nSPS) is 22.6. The van der Waals surface area contributed by atoms with Gasteiger partial charge >= 0.3 is 0 Å². The van der Waals surface area contributed by atoms with Gasteiger partial charge in [0.1, 0.15) is 5.82 Å². The van der Waals surface area contributed by atoms with Crippen LogP contribution in [-0.2, 0) is 14.9 Å². The number of halogens is 1. The molecule has 0 aliphatic carbocycles. The fourth-order valence-corrected chi connectivity index (χ4v) is 3.15. The summed E-state index contributed by atoms with van der Waals surface area (Å²) in [7, 11) is 0. The van der Waals surface area contributed by atoms with E-state index in [1.54, 1.807) is 6.20 Å². The fraction of sp³-hybridized carbons (Fsp3) is 0.455. The molecular formula is C11H11BrN2O2.